The Hall–Kier alpha value is -2.64. The van der Waals surface area contributed by atoms with Gasteiger partial charge in [0.15, 0.2) is 0 Å². The van der Waals surface area contributed by atoms with Crippen molar-refractivity contribution in [3.05, 3.63) is 91.0 Å². The summed E-state index contributed by atoms with van der Waals surface area (Å²) < 4.78 is 0. The van der Waals surface area contributed by atoms with Crippen LogP contribution in [0.2, 0.25) is 0 Å². The predicted molar refractivity (Wildman–Crippen MR) is 102 cm³/mol. The highest BCUT2D eigenvalue weighted by Gasteiger charge is 2.39. The first kappa shape index (κ1) is 17.7. The number of hydrogen-bond acceptors (Lipinski definition) is 1. The molecule has 2 N–H and O–H groups in total. The van der Waals surface area contributed by atoms with E-state index in [4.69, 9.17) is 15.0 Å². The van der Waals surface area contributed by atoms with E-state index >= 15 is 0 Å². The Kier molecular flexibility index (Phi) is 6.11. The Bertz CT molecular complexity index is 658. The molecule has 0 radical (unpaired) electrons. The molecule has 0 unspecified atom stereocenters. The zero-order valence-electron chi connectivity index (χ0n) is 13.4. The number of rotatable bonds is 3. The van der Waals surface area contributed by atoms with E-state index in [0.717, 1.165) is 0 Å². The minimum atomic E-state index is -1.83. The summed E-state index contributed by atoms with van der Waals surface area (Å²) in [6.45, 7) is 2.41. The third-order valence-electron chi connectivity index (χ3n) is 3.82. The van der Waals surface area contributed by atoms with Crippen molar-refractivity contribution in [2.24, 2.45) is 0 Å². The summed E-state index contributed by atoms with van der Waals surface area (Å²) in [4.78, 5) is 8.56. The van der Waals surface area contributed by atoms with Gasteiger partial charge in [0.25, 0.3) is 0 Å². The molecule has 0 heterocycles. The minimum absolute atomic E-state index is 1.43. The Balaban J connectivity index is 0.000000471. The summed E-state index contributed by atoms with van der Waals surface area (Å²) in [7, 11) is -1.53. The maximum absolute atomic E-state index is 8.56. The van der Waals surface area contributed by atoms with Gasteiger partial charge < -0.3 is 10.2 Å². The van der Waals surface area contributed by atoms with Crippen molar-refractivity contribution in [2.75, 3.05) is 6.66 Å². The molecule has 0 spiro atoms. The van der Waals surface area contributed by atoms with Gasteiger partial charge in [0.05, 0.1) is 6.66 Å². The van der Waals surface area contributed by atoms with Crippen LogP contribution in [0, 0.1) is 0 Å². The highest BCUT2D eigenvalue weighted by molar-refractivity contribution is 7.95. The first-order chi connectivity index (χ1) is 11.5. The molecular formula is C20H20O3P+. The molecule has 0 aliphatic heterocycles. The van der Waals surface area contributed by atoms with Gasteiger partial charge in [0, 0.05) is 0 Å². The van der Waals surface area contributed by atoms with Crippen LogP contribution in [-0.2, 0) is 0 Å². The first-order valence-corrected chi connectivity index (χ1v) is 9.74. The SMILES string of the molecule is C[P+](c1ccccc1)(c1ccccc1)c1ccccc1.O=C(O)O. The van der Waals surface area contributed by atoms with Crippen molar-refractivity contribution in [3.63, 3.8) is 0 Å². The van der Waals surface area contributed by atoms with Crippen molar-refractivity contribution >= 4 is 29.3 Å². The molecule has 0 atom stereocenters. The lowest BCUT2D eigenvalue weighted by Gasteiger charge is -2.22. The summed E-state index contributed by atoms with van der Waals surface area (Å²) in [5, 5.41) is 18.2. The highest BCUT2D eigenvalue weighted by atomic mass is 31.2. The van der Waals surface area contributed by atoms with Gasteiger partial charge in [-0.3, -0.25) is 0 Å². The van der Waals surface area contributed by atoms with Crippen LogP contribution >= 0.6 is 7.26 Å². The summed E-state index contributed by atoms with van der Waals surface area (Å²) in [6, 6.07) is 32.6. The lowest BCUT2D eigenvalue weighted by atomic mass is 10.4. The van der Waals surface area contributed by atoms with E-state index in [1.165, 1.54) is 15.9 Å². The Morgan fingerprint density at radius 1 is 0.625 bits per heavy atom. The number of carboxylic acid groups (broad SMARTS) is 2. The van der Waals surface area contributed by atoms with Gasteiger partial charge in [-0.05, 0) is 36.4 Å². The van der Waals surface area contributed by atoms with E-state index in [1.54, 1.807) is 0 Å². The lowest BCUT2D eigenvalue weighted by molar-refractivity contribution is 0.137. The molecule has 3 nitrogen and oxygen atoms in total. The predicted octanol–water partition coefficient (Wildman–Crippen LogP) is 3.83. The van der Waals surface area contributed by atoms with Crippen LogP contribution in [0.4, 0.5) is 4.79 Å². The van der Waals surface area contributed by atoms with Crippen LogP contribution in [0.15, 0.2) is 91.0 Å². The molecule has 4 heteroatoms. The molecule has 3 aromatic carbocycles. The molecule has 24 heavy (non-hydrogen) atoms. The summed E-state index contributed by atoms with van der Waals surface area (Å²) in [5.41, 5.74) is 0. The Morgan fingerprint density at radius 3 is 1.04 bits per heavy atom. The molecule has 0 fully saturated rings. The molecule has 0 bridgehead atoms. The van der Waals surface area contributed by atoms with Crippen molar-refractivity contribution in [1.82, 2.24) is 0 Å². The third-order valence-corrected chi connectivity index (χ3v) is 7.81. The molecule has 0 aromatic heterocycles. The monoisotopic (exact) mass is 339 g/mol. The average molecular weight is 339 g/mol. The van der Waals surface area contributed by atoms with Crippen LogP contribution in [0.5, 0.6) is 0 Å². The number of benzene rings is 3. The second-order valence-electron chi connectivity index (χ2n) is 5.30. The van der Waals surface area contributed by atoms with Crippen LogP contribution in [0.3, 0.4) is 0 Å². The largest absolute Gasteiger partial charge is 0.503 e. The Labute approximate surface area is 142 Å². The average Bonchev–Trinajstić information content (AvgIpc) is 2.63. The zero-order valence-corrected chi connectivity index (χ0v) is 14.3. The molecular weight excluding hydrogens is 319 g/mol. The maximum Gasteiger partial charge on any atom is 0.503 e. The van der Waals surface area contributed by atoms with Gasteiger partial charge in [-0.25, -0.2) is 4.79 Å². The smallest absolute Gasteiger partial charge is 0.450 e. The number of hydrogen-bond donors (Lipinski definition) is 2. The summed E-state index contributed by atoms with van der Waals surface area (Å²) in [5.74, 6) is 0. The van der Waals surface area contributed by atoms with Crippen LogP contribution in [0.1, 0.15) is 0 Å². The van der Waals surface area contributed by atoms with Gasteiger partial charge in [-0.2, -0.15) is 0 Å². The quantitative estimate of drug-likeness (QED) is 0.713. The van der Waals surface area contributed by atoms with E-state index in [0.29, 0.717) is 0 Å². The second kappa shape index (κ2) is 8.28. The topological polar surface area (TPSA) is 57.5 Å². The molecule has 0 aliphatic rings. The molecule has 122 valence electrons. The molecule has 0 saturated heterocycles. The molecule has 0 amide bonds. The fourth-order valence-electron chi connectivity index (χ4n) is 2.63. The van der Waals surface area contributed by atoms with Gasteiger partial charge in [0.1, 0.15) is 23.2 Å². The molecule has 3 rings (SSSR count). The zero-order chi connectivity index (χ0) is 17.4. The minimum Gasteiger partial charge on any atom is -0.450 e. The fraction of sp³-hybridized carbons (Fsp3) is 0.0500. The van der Waals surface area contributed by atoms with E-state index < -0.39 is 13.4 Å². The summed E-state index contributed by atoms with van der Waals surface area (Å²) >= 11 is 0. The van der Waals surface area contributed by atoms with Crippen LogP contribution in [0.25, 0.3) is 0 Å². The van der Waals surface area contributed by atoms with E-state index in [-0.39, 0.29) is 0 Å². The lowest BCUT2D eigenvalue weighted by Crippen LogP contribution is -2.30. The van der Waals surface area contributed by atoms with Gasteiger partial charge in [-0.1, -0.05) is 54.6 Å². The van der Waals surface area contributed by atoms with Crippen LogP contribution < -0.4 is 15.9 Å². The highest BCUT2D eigenvalue weighted by Crippen LogP contribution is 2.51. The van der Waals surface area contributed by atoms with Crippen molar-refractivity contribution in [3.8, 4) is 0 Å². The molecule has 0 saturated carbocycles. The molecule has 0 aliphatic carbocycles. The Morgan fingerprint density at radius 2 is 0.833 bits per heavy atom. The van der Waals surface area contributed by atoms with E-state index in [9.17, 15) is 0 Å². The first-order valence-electron chi connectivity index (χ1n) is 7.50. The fourth-order valence-corrected chi connectivity index (χ4v) is 5.83. The van der Waals surface area contributed by atoms with E-state index in [1.807, 2.05) is 0 Å². The van der Waals surface area contributed by atoms with Crippen molar-refractivity contribution < 1.29 is 15.0 Å². The second-order valence-corrected chi connectivity index (χ2v) is 8.86. The van der Waals surface area contributed by atoms with Crippen molar-refractivity contribution in [1.29, 1.82) is 0 Å². The van der Waals surface area contributed by atoms with Crippen molar-refractivity contribution in [2.45, 2.75) is 0 Å². The maximum atomic E-state index is 8.56. The van der Waals surface area contributed by atoms with Gasteiger partial charge in [-0.15, -0.1) is 0 Å². The number of carbonyl (C=O) groups is 1. The van der Waals surface area contributed by atoms with Crippen LogP contribution in [-0.4, -0.2) is 23.0 Å². The van der Waals surface area contributed by atoms with E-state index in [2.05, 4.69) is 97.7 Å². The third kappa shape index (κ3) is 4.21. The van der Waals surface area contributed by atoms with Gasteiger partial charge >= 0.3 is 6.16 Å². The van der Waals surface area contributed by atoms with Gasteiger partial charge in [0.2, 0.25) is 0 Å². The molecule has 3 aromatic rings. The summed E-state index contributed by atoms with van der Waals surface area (Å²) in [6.07, 6.45) is -1.83. The standard InChI is InChI=1S/C19H18P.CH2O3/c1-20(17-11-5-2-6-12-17,18-13-7-3-8-14-18)19-15-9-4-10-16-19;2-1(3)4/h2-16H,1H3;(H2,2,3,4)/q+1;. The normalized spacial score (nSPS) is 10.4.